The Morgan fingerprint density at radius 3 is 2.75 bits per heavy atom. The first-order valence-electron chi connectivity index (χ1n) is 7.59. The van der Waals surface area contributed by atoms with E-state index < -0.39 is 5.97 Å². The van der Waals surface area contributed by atoms with Gasteiger partial charge < -0.3 is 19.0 Å². The minimum Gasteiger partial charge on any atom is -0.467 e. The summed E-state index contributed by atoms with van der Waals surface area (Å²) in [6.45, 7) is 1.95. The zero-order valence-electron chi connectivity index (χ0n) is 13.5. The molecule has 0 bridgehead atoms. The highest BCUT2D eigenvalue weighted by atomic mass is 16.5. The number of amides is 1. The first kappa shape index (κ1) is 15.9. The van der Waals surface area contributed by atoms with Crippen molar-refractivity contribution in [1.29, 1.82) is 0 Å². The average molecular weight is 326 g/mol. The van der Waals surface area contributed by atoms with E-state index in [-0.39, 0.29) is 18.5 Å². The van der Waals surface area contributed by atoms with Crippen molar-refractivity contribution in [3.8, 4) is 0 Å². The molecule has 0 spiro atoms. The number of nitrogens with zero attached hydrogens (tertiary/aromatic N) is 1. The van der Waals surface area contributed by atoms with Crippen LogP contribution in [-0.2, 0) is 16.1 Å². The van der Waals surface area contributed by atoms with Crippen LogP contribution >= 0.6 is 0 Å². The third-order valence-corrected chi connectivity index (χ3v) is 3.86. The van der Waals surface area contributed by atoms with Gasteiger partial charge in [0.2, 0.25) is 5.91 Å². The molecule has 1 aromatic carbocycles. The zero-order valence-corrected chi connectivity index (χ0v) is 13.5. The molecule has 1 N–H and O–H groups in total. The number of benzene rings is 1. The first-order chi connectivity index (χ1) is 11.6. The van der Waals surface area contributed by atoms with Crippen molar-refractivity contribution in [2.75, 3.05) is 7.11 Å². The molecular formula is C18H18N2O4. The number of carbonyl (C=O) groups is 2. The molecule has 124 valence electrons. The van der Waals surface area contributed by atoms with Crippen molar-refractivity contribution in [3.63, 3.8) is 0 Å². The maximum atomic E-state index is 12.3. The van der Waals surface area contributed by atoms with Gasteiger partial charge in [-0.2, -0.15) is 0 Å². The van der Waals surface area contributed by atoms with Gasteiger partial charge in [-0.25, -0.2) is 4.79 Å². The Bertz CT molecular complexity index is 864. The Kier molecular flexibility index (Phi) is 4.37. The number of furan rings is 1. The molecule has 3 rings (SSSR count). The zero-order chi connectivity index (χ0) is 17.1. The quantitative estimate of drug-likeness (QED) is 0.732. The predicted octanol–water partition coefficient (Wildman–Crippen LogP) is 2.90. The summed E-state index contributed by atoms with van der Waals surface area (Å²) in [5.74, 6) is 0.0985. The minimum absolute atomic E-state index is 0.0998. The number of carbonyl (C=O) groups excluding carboxylic acids is 2. The van der Waals surface area contributed by atoms with Crippen molar-refractivity contribution in [2.24, 2.45) is 0 Å². The molecule has 2 aromatic heterocycles. The van der Waals surface area contributed by atoms with Gasteiger partial charge in [-0.3, -0.25) is 4.79 Å². The number of esters is 1. The standard InChI is InChI=1S/C18H18N2O4/c1-12(16-8-5-9-24-16)19-17(21)11-20-10-14(18(22)23-2)13-6-3-4-7-15(13)20/h3-10,12H,11H2,1-2H3,(H,19,21)/t12-/m1/s1. The number of aromatic nitrogens is 1. The van der Waals surface area contributed by atoms with E-state index in [1.54, 1.807) is 23.1 Å². The Labute approximate surface area is 139 Å². The Morgan fingerprint density at radius 1 is 1.25 bits per heavy atom. The third-order valence-electron chi connectivity index (χ3n) is 3.86. The molecule has 0 saturated heterocycles. The monoisotopic (exact) mass is 326 g/mol. The van der Waals surface area contributed by atoms with Gasteiger partial charge in [-0.1, -0.05) is 18.2 Å². The van der Waals surface area contributed by atoms with Gasteiger partial charge in [-0.15, -0.1) is 0 Å². The van der Waals surface area contributed by atoms with Crippen LogP contribution in [0.3, 0.4) is 0 Å². The van der Waals surface area contributed by atoms with Gasteiger partial charge in [0.1, 0.15) is 12.3 Å². The number of methoxy groups -OCH3 is 1. The lowest BCUT2D eigenvalue weighted by Crippen LogP contribution is -2.29. The van der Waals surface area contributed by atoms with Crippen LogP contribution in [0.15, 0.2) is 53.3 Å². The van der Waals surface area contributed by atoms with Crippen molar-refractivity contribution >= 4 is 22.8 Å². The van der Waals surface area contributed by atoms with E-state index >= 15 is 0 Å². The second-order valence-corrected chi connectivity index (χ2v) is 5.48. The summed E-state index contributed by atoms with van der Waals surface area (Å²) >= 11 is 0. The summed E-state index contributed by atoms with van der Waals surface area (Å²) in [5, 5.41) is 3.64. The fraction of sp³-hybridized carbons (Fsp3) is 0.222. The number of rotatable bonds is 5. The van der Waals surface area contributed by atoms with Gasteiger partial charge in [0, 0.05) is 17.1 Å². The fourth-order valence-corrected chi connectivity index (χ4v) is 2.70. The van der Waals surface area contributed by atoms with Crippen molar-refractivity contribution < 1.29 is 18.7 Å². The highest BCUT2D eigenvalue weighted by Crippen LogP contribution is 2.22. The van der Waals surface area contributed by atoms with E-state index in [0.29, 0.717) is 11.3 Å². The molecule has 0 fully saturated rings. The summed E-state index contributed by atoms with van der Waals surface area (Å²) in [4.78, 5) is 24.2. The molecule has 0 aliphatic carbocycles. The molecule has 1 amide bonds. The third kappa shape index (κ3) is 3.03. The number of hydrogen-bond acceptors (Lipinski definition) is 4. The Morgan fingerprint density at radius 2 is 2.04 bits per heavy atom. The van der Waals surface area contributed by atoms with E-state index in [9.17, 15) is 9.59 Å². The van der Waals surface area contributed by atoms with E-state index in [4.69, 9.17) is 9.15 Å². The highest BCUT2D eigenvalue weighted by Gasteiger charge is 2.18. The Balaban J connectivity index is 1.82. The Hall–Kier alpha value is -3.02. The second kappa shape index (κ2) is 6.62. The van der Waals surface area contributed by atoms with Crippen molar-refractivity contribution in [2.45, 2.75) is 19.5 Å². The van der Waals surface area contributed by atoms with Crippen molar-refractivity contribution in [1.82, 2.24) is 9.88 Å². The SMILES string of the molecule is COC(=O)c1cn(CC(=O)N[C@H](C)c2ccco2)c2ccccc12. The maximum absolute atomic E-state index is 12.3. The molecule has 3 aromatic rings. The topological polar surface area (TPSA) is 73.5 Å². The van der Waals surface area contributed by atoms with Gasteiger partial charge in [-0.05, 0) is 25.1 Å². The van der Waals surface area contributed by atoms with Crippen LogP contribution in [0.4, 0.5) is 0 Å². The number of hydrogen-bond donors (Lipinski definition) is 1. The summed E-state index contributed by atoms with van der Waals surface area (Å²) in [7, 11) is 1.34. The number of ether oxygens (including phenoxy) is 1. The lowest BCUT2D eigenvalue weighted by molar-refractivity contribution is -0.122. The number of nitrogens with one attached hydrogen (secondary N) is 1. The van der Waals surface area contributed by atoms with E-state index in [1.165, 1.54) is 7.11 Å². The van der Waals surface area contributed by atoms with Crippen LogP contribution in [0.2, 0.25) is 0 Å². The molecule has 24 heavy (non-hydrogen) atoms. The van der Waals surface area contributed by atoms with Crippen LogP contribution in [0, 0.1) is 0 Å². The molecule has 0 radical (unpaired) electrons. The van der Waals surface area contributed by atoms with Gasteiger partial charge >= 0.3 is 5.97 Å². The van der Waals surface area contributed by atoms with Gasteiger partial charge in [0.05, 0.1) is 25.0 Å². The molecule has 6 nitrogen and oxygen atoms in total. The summed E-state index contributed by atoms with van der Waals surface area (Å²) in [6.07, 6.45) is 3.22. The van der Waals surface area contributed by atoms with E-state index in [2.05, 4.69) is 5.32 Å². The lowest BCUT2D eigenvalue weighted by atomic mass is 10.2. The fourth-order valence-electron chi connectivity index (χ4n) is 2.70. The van der Waals surface area contributed by atoms with Gasteiger partial charge in [0.25, 0.3) is 0 Å². The molecule has 1 atom stereocenters. The predicted molar refractivity (Wildman–Crippen MR) is 88.5 cm³/mol. The highest BCUT2D eigenvalue weighted by molar-refractivity contribution is 6.04. The van der Waals surface area contributed by atoms with Gasteiger partial charge in [0.15, 0.2) is 0 Å². The summed E-state index contributed by atoms with van der Waals surface area (Å²) < 4.78 is 11.8. The molecule has 0 unspecified atom stereocenters. The van der Waals surface area contributed by atoms with Crippen LogP contribution in [0.5, 0.6) is 0 Å². The molecule has 6 heteroatoms. The van der Waals surface area contributed by atoms with Crippen LogP contribution in [-0.4, -0.2) is 23.6 Å². The van der Waals surface area contributed by atoms with Crippen molar-refractivity contribution in [3.05, 3.63) is 60.2 Å². The molecule has 0 aliphatic heterocycles. The molecule has 2 heterocycles. The lowest BCUT2D eigenvalue weighted by Gasteiger charge is -2.12. The van der Waals surface area contributed by atoms with E-state index in [1.807, 2.05) is 37.3 Å². The molecule has 0 aliphatic rings. The maximum Gasteiger partial charge on any atom is 0.340 e. The first-order valence-corrected chi connectivity index (χ1v) is 7.59. The van der Waals surface area contributed by atoms with Crippen LogP contribution < -0.4 is 5.32 Å². The number of fused-ring (bicyclic) bond motifs is 1. The second-order valence-electron chi connectivity index (χ2n) is 5.48. The average Bonchev–Trinajstić information content (AvgIpc) is 3.23. The normalized spacial score (nSPS) is 12.1. The van der Waals surface area contributed by atoms with Crippen LogP contribution in [0.25, 0.3) is 10.9 Å². The smallest absolute Gasteiger partial charge is 0.340 e. The summed E-state index contributed by atoms with van der Waals surface area (Å²) in [5.41, 5.74) is 1.25. The molecular weight excluding hydrogens is 308 g/mol. The largest absolute Gasteiger partial charge is 0.467 e. The minimum atomic E-state index is -0.422. The van der Waals surface area contributed by atoms with E-state index in [0.717, 1.165) is 10.9 Å². The molecule has 0 saturated carbocycles. The number of para-hydroxylation sites is 1. The summed E-state index contributed by atoms with van der Waals surface area (Å²) in [6, 6.07) is 10.8. The van der Waals surface area contributed by atoms with Crippen LogP contribution in [0.1, 0.15) is 29.1 Å².